The number of hydrogen-bond donors (Lipinski definition) is 2. The lowest BCUT2D eigenvalue weighted by Crippen LogP contribution is -2.69. The molecule has 0 aromatic rings. The molecule has 0 bridgehead atoms. The molecule has 1 aliphatic rings. The Hall–Kier alpha value is -1.14. The Morgan fingerprint density at radius 3 is 2.31 bits per heavy atom. The Kier molecular flexibility index (Phi) is 3.02. The van der Waals surface area contributed by atoms with E-state index in [0.29, 0.717) is 0 Å². The second-order valence-corrected chi connectivity index (χ2v) is 2.83. The van der Waals surface area contributed by atoms with Gasteiger partial charge in [0.2, 0.25) is 0 Å². The summed E-state index contributed by atoms with van der Waals surface area (Å²) < 4.78 is 0. The average Bonchev–Trinajstić information content (AvgIpc) is 1.99. The van der Waals surface area contributed by atoms with Gasteiger partial charge in [0.15, 0.2) is 5.54 Å². The zero-order valence-corrected chi connectivity index (χ0v) is 7.97. The van der Waals surface area contributed by atoms with Crippen molar-refractivity contribution in [3.8, 4) is 0 Å². The van der Waals surface area contributed by atoms with Crippen LogP contribution < -0.4 is 11.1 Å². The number of nitrogens with two attached hydrogens (primary N) is 1. The number of carbonyl (C=O) groups is 3. The summed E-state index contributed by atoms with van der Waals surface area (Å²) in [5, 5.41) is 1.95. The van der Waals surface area contributed by atoms with Crippen molar-refractivity contribution in [2.45, 2.75) is 12.5 Å². The SMILES string of the molecule is CN1C(=O)NC(=O)C(C)(N)C1=O.Cl. The maximum absolute atomic E-state index is 11.2. The third kappa shape index (κ3) is 1.63. The van der Waals surface area contributed by atoms with E-state index < -0.39 is 23.4 Å². The minimum Gasteiger partial charge on any atom is -0.310 e. The summed E-state index contributed by atoms with van der Waals surface area (Å²) in [5.41, 5.74) is 3.73. The molecular weight excluding hydrogens is 198 g/mol. The largest absolute Gasteiger partial charge is 0.330 e. The molecule has 1 atom stereocenters. The van der Waals surface area contributed by atoms with Crippen molar-refractivity contribution in [3.05, 3.63) is 0 Å². The predicted octanol–water partition coefficient (Wildman–Crippen LogP) is -1.17. The molecule has 13 heavy (non-hydrogen) atoms. The van der Waals surface area contributed by atoms with E-state index in [1.165, 1.54) is 14.0 Å². The Balaban J connectivity index is 0.00000144. The number of nitrogens with one attached hydrogen (secondary N) is 1. The van der Waals surface area contributed by atoms with Crippen LogP contribution in [0.4, 0.5) is 4.79 Å². The number of nitrogens with zero attached hydrogens (tertiary/aromatic N) is 1. The Morgan fingerprint density at radius 2 is 1.85 bits per heavy atom. The molecule has 1 rings (SSSR count). The van der Waals surface area contributed by atoms with Crippen molar-refractivity contribution in [2.75, 3.05) is 7.05 Å². The molecule has 74 valence electrons. The summed E-state index contributed by atoms with van der Waals surface area (Å²) in [6.45, 7) is 1.26. The van der Waals surface area contributed by atoms with Gasteiger partial charge in [0, 0.05) is 7.05 Å². The Bertz CT molecular complexity index is 276. The topological polar surface area (TPSA) is 92.5 Å². The third-order valence-corrected chi connectivity index (χ3v) is 1.75. The number of urea groups is 1. The zero-order valence-electron chi connectivity index (χ0n) is 7.16. The summed E-state index contributed by atoms with van der Waals surface area (Å²) in [6.07, 6.45) is 0. The lowest BCUT2D eigenvalue weighted by atomic mass is 9.99. The smallest absolute Gasteiger partial charge is 0.310 e. The molecule has 0 spiro atoms. The molecule has 1 aliphatic heterocycles. The van der Waals surface area contributed by atoms with Crippen LogP contribution in [0.3, 0.4) is 0 Å². The molecule has 0 aromatic carbocycles. The van der Waals surface area contributed by atoms with Gasteiger partial charge in [-0.05, 0) is 6.92 Å². The van der Waals surface area contributed by atoms with Gasteiger partial charge < -0.3 is 5.73 Å². The number of likely N-dealkylation sites (N-methyl/N-ethyl adjacent to an activating group) is 1. The number of amides is 4. The van der Waals surface area contributed by atoms with Crippen molar-refractivity contribution < 1.29 is 14.4 Å². The van der Waals surface area contributed by atoms with Gasteiger partial charge in [-0.15, -0.1) is 12.4 Å². The van der Waals surface area contributed by atoms with E-state index in [1.807, 2.05) is 5.32 Å². The molecule has 4 amide bonds. The molecule has 1 saturated heterocycles. The van der Waals surface area contributed by atoms with E-state index in [9.17, 15) is 14.4 Å². The van der Waals surface area contributed by atoms with E-state index >= 15 is 0 Å². The van der Waals surface area contributed by atoms with Crippen molar-refractivity contribution in [2.24, 2.45) is 5.73 Å². The highest BCUT2D eigenvalue weighted by molar-refractivity contribution is 6.21. The number of barbiturate groups is 1. The van der Waals surface area contributed by atoms with E-state index in [4.69, 9.17) is 5.73 Å². The molecule has 7 heteroatoms. The van der Waals surface area contributed by atoms with Crippen molar-refractivity contribution in [1.82, 2.24) is 10.2 Å². The van der Waals surface area contributed by atoms with Gasteiger partial charge in [-0.1, -0.05) is 0 Å². The molecule has 1 unspecified atom stereocenters. The number of imide groups is 2. The second kappa shape index (κ2) is 3.31. The van der Waals surface area contributed by atoms with Crippen LogP contribution in [0.2, 0.25) is 0 Å². The summed E-state index contributed by atoms with van der Waals surface area (Å²) >= 11 is 0. The van der Waals surface area contributed by atoms with Crippen LogP contribution in [-0.4, -0.2) is 35.3 Å². The number of rotatable bonds is 0. The van der Waals surface area contributed by atoms with Crippen molar-refractivity contribution in [1.29, 1.82) is 0 Å². The fourth-order valence-corrected chi connectivity index (χ4v) is 0.849. The lowest BCUT2D eigenvalue weighted by molar-refractivity contribution is -0.142. The van der Waals surface area contributed by atoms with Crippen LogP contribution >= 0.6 is 12.4 Å². The fourth-order valence-electron chi connectivity index (χ4n) is 0.849. The average molecular weight is 208 g/mol. The van der Waals surface area contributed by atoms with Crippen LogP contribution in [0.25, 0.3) is 0 Å². The fraction of sp³-hybridized carbons (Fsp3) is 0.500. The summed E-state index contributed by atoms with van der Waals surface area (Å²) in [5.74, 6) is -1.47. The first-order chi connectivity index (χ1) is 5.37. The zero-order chi connectivity index (χ0) is 9.52. The van der Waals surface area contributed by atoms with E-state index in [0.717, 1.165) is 4.90 Å². The normalized spacial score (nSPS) is 28.2. The van der Waals surface area contributed by atoms with Crippen LogP contribution in [0.1, 0.15) is 6.92 Å². The molecule has 0 aromatic heterocycles. The lowest BCUT2D eigenvalue weighted by Gasteiger charge is -2.31. The quantitative estimate of drug-likeness (QED) is 0.490. The van der Waals surface area contributed by atoms with Crippen molar-refractivity contribution in [3.63, 3.8) is 0 Å². The summed E-state index contributed by atoms with van der Waals surface area (Å²) in [4.78, 5) is 33.8. The molecule has 0 saturated carbocycles. The van der Waals surface area contributed by atoms with Crippen molar-refractivity contribution >= 4 is 30.3 Å². The highest BCUT2D eigenvalue weighted by Crippen LogP contribution is 2.09. The Labute approximate surface area is 80.8 Å². The molecular formula is C6H10ClN3O3. The number of halogens is 1. The third-order valence-electron chi connectivity index (χ3n) is 1.75. The maximum atomic E-state index is 11.2. The molecule has 1 heterocycles. The first-order valence-electron chi connectivity index (χ1n) is 3.30. The van der Waals surface area contributed by atoms with Gasteiger partial charge >= 0.3 is 6.03 Å². The van der Waals surface area contributed by atoms with Crippen LogP contribution in [0, 0.1) is 0 Å². The maximum Gasteiger partial charge on any atom is 0.330 e. The van der Waals surface area contributed by atoms with Gasteiger partial charge in [0.1, 0.15) is 0 Å². The highest BCUT2D eigenvalue weighted by Gasteiger charge is 2.46. The van der Waals surface area contributed by atoms with Gasteiger partial charge in [0.25, 0.3) is 11.8 Å². The van der Waals surface area contributed by atoms with Gasteiger partial charge in [0.05, 0.1) is 0 Å². The molecule has 0 aliphatic carbocycles. The first kappa shape index (κ1) is 11.9. The number of hydrogen-bond acceptors (Lipinski definition) is 4. The van der Waals surface area contributed by atoms with E-state index in [1.54, 1.807) is 0 Å². The molecule has 3 N–H and O–H groups in total. The van der Waals surface area contributed by atoms with E-state index in [-0.39, 0.29) is 12.4 Å². The predicted molar refractivity (Wildman–Crippen MR) is 46.1 cm³/mol. The molecule has 0 radical (unpaired) electrons. The Morgan fingerprint density at radius 1 is 1.38 bits per heavy atom. The highest BCUT2D eigenvalue weighted by atomic mass is 35.5. The van der Waals surface area contributed by atoms with Gasteiger partial charge in [-0.2, -0.15) is 0 Å². The van der Waals surface area contributed by atoms with Crippen LogP contribution in [0.5, 0.6) is 0 Å². The minimum absolute atomic E-state index is 0. The molecule has 1 fully saturated rings. The summed E-state index contributed by atoms with van der Waals surface area (Å²) in [7, 11) is 1.26. The summed E-state index contributed by atoms with van der Waals surface area (Å²) in [6, 6.07) is -0.743. The molecule has 6 nitrogen and oxygen atoms in total. The van der Waals surface area contributed by atoms with Crippen LogP contribution in [0.15, 0.2) is 0 Å². The van der Waals surface area contributed by atoms with E-state index in [2.05, 4.69) is 0 Å². The van der Waals surface area contributed by atoms with Crippen LogP contribution in [-0.2, 0) is 9.59 Å². The second-order valence-electron chi connectivity index (χ2n) is 2.83. The van der Waals surface area contributed by atoms with Gasteiger partial charge in [-0.3, -0.25) is 19.8 Å². The minimum atomic E-state index is -1.64. The van der Waals surface area contributed by atoms with Gasteiger partial charge in [-0.25, -0.2) is 4.79 Å². The standard InChI is InChI=1S/C6H9N3O3.ClH/c1-6(7)3(10)8-5(12)9(2)4(6)11;/h7H2,1-2H3,(H,8,10,12);1H. The monoisotopic (exact) mass is 207 g/mol. The first-order valence-corrected chi connectivity index (χ1v) is 3.30. The number of carbonyl (C=O) groups excluding carboxylic acids is 3.